The van der Waals surface area contributed by atoms with E-state index in [2.05, 4.69) is 16.7 Å². The summed E-state index contributed by atoms with van der Waals surface area (Å²) in [5, 5.41) is 10.8. The van der Waals surface area contributed by atoms with Crippen LogP contribution in [0.3, 0.4) is 0 Å². The summed E-state index contributed by atoms with van der Waals surface area (Å²) in [6.45, 7) is 7.14. The van der Waals surface area contributed by atoms with Gasteiger partial charge in [0.25, 0.3) is 5.91 Å². The van der Waals surface area contributed by atoms with Crippen molar-refractivity contribution >= 4 is 40.4 Å². The Kier molecular flexibility index (Phi) is 5.30. The summed E-state index contributed by atoms with van der Waals surface area (Å²) >= 11 is 5.89. The second kappa shape index (κ2) is 7.89. The van der Waals surface area contributed by atoms with Gasteiger partial charge in [0.2, 0.25) is 0 Å². The van der Waals surface area contributed by atoms with E-state index < -0.39 is 17.6 Å². The van der Waals surface area contributed by atoms with Gasteiger partial charge in [0.05, 0.1) is 11.3 Å². The van der Waals surface area contributed by atoms with Crippen LogP contribution in [0, 0.1) is 0 Å². The summed E-state index contributed by atoms with van der Waals surface area (Å²) in [4.78, 5) is 31.2. The van der Waals surface area contributed by atoms with Crippen molar-refractivity contribution in [2.45, 2.75) is 6.92 Å². The average Bonchev–Trinajstić information content (AvgIpc) is 2.97. The quantitative estimate of drug-likeness (QED) is 0.782. The zero-order valence-corrected chi connectivity index (χ0v) is 16.9. The number of aliphatic hydroxyl groups excluding tert-OH is 1. The predicted octanol–water partition coefficient (Wildman–Crippen LogP) is 3.32. The van der Waals surface area contributed by atoms with E-state index in [1.54, 1.807) is 36.4 Å². The molecule has 1 fully saturated rings. The molecule has 0 spiro atoms. The molecule has 0 aromatic heterocycles. The summed E-state index contributed by atoms with van der Waals surface area (Å²) in [6, 6.07) is 13.8. The van der Waals surface area contributed by atoms with E-state index in [0.717, 1.165) is 43.3 Å². The molecule has 6 nitrogen and oxygen atoms in total. The van der Waals surface area contributed by atoms with Gasteiger partial charge in [-0.25, -0.2) is 4.90 Å². The zero-order valence-electron chi connectivity index (χ0n) is 16.1. The maximum absolute atomic E-state index is 12.9. The third-order valence-corrected chi connectivity index (χ3v) is 5.74. The van der Waals surface area contributed by atoms with Gasteiger partial charge in [-0.05, 0) is 48.5 Å². The first-order valence-electron chi connectivity index (χ1n) is 9.65. The van der Waals surface area contributed by atoms with E-state index in [-0.39, 0.29) is 5.57 Å². The van der Waals surface area contributed by atoms with Gasteiger partial charge in [0.1, 0.15) is 0 Å². The highest BCUT2D eigenvalue weighted by atomic mass is 35.5. The molecule has 2 aliphatic heterocycles. The second-order valence-electron chi connectivity index (χ2n) is 7.11. The predicted molar refractivity (Wildman–Crippen MR) is 114 cm³/mol. The van der Waals surface area contributed by atoms with Crippen LogP contribution in [0.4, 0.5) is 11.4 Å². The van der Waals surface area contributed by atoms with Gasteiger partial charge in [-0.2, -0.15) is 0 Å². The van der Waals surface area contributed by atoms with Crippen LogP contribution in [-0.2, 0) is 9.59 Å². The van der Waals surface area contributed by atoms with Gasteiger partial charge in [-0.3, -0.25) is 9.59 Å². The normalized spacial score (nSPS) is 18.1. The lowest BCUT2D eigenvalue weighted by Gasteiger charge is -2.35. The highest BCUT2D eigenvalue weighted by molar-refractivity contribution is 6.45. The maximum Gasteiger partial charge on any atom is 0.301 e. The molecule has 2 heterocycles. The van der Waals surface area contributed by atoms with Gasteiger partial charge in [-0.15, -0.1) is 0 Å². The molecule has 29 heavy (non-hydrogen) atoms. The Balaban J connectivity index is 1.54. The lowest BCUT2D eigenvalue weighted by atomic mass is 10.1. The highest BCUT2D eigenvalue weighted by Crippen LogP contribution is 2.33. The molecule has 150 valence electrons. The average molecular weight is 412 g/mol. The Hall–Kier alpha value is -2.83. The van der Waals surface area contributed by atoms with Gasteiger partial charge >= 0.3 is 5.91 Å². The van der Waals surface area contributed by atoms with Crippen LogP contribution >= 0.6 is 11.6 Å². The standard InChI is InChI=1S/C22H22ClN3O3/c1-2-24-11-13-25(14-12-24)17-7-9-18(10-8-17)26-21(28)19(20(27)22(26)29)15-3-5-16(23)6-4-15/h3-10,27H,2,11-14H2,1H3. The monoisotopic (exact) mass is 411 g/mol. The van der Waals surface area contributed by atoms with Gasteiger partial charge in [-0.1, -0.05) is 30.7 Å². The maximum atomic E-state index is 12.9. The molecule has 0 aliphatic carbocycles. The van der Waals surface area contributed by atoms with E-state index in [1.165, 1.54) is 0 Å². The van der Waals surface area contributed by atoms with E-state index in [1.807, 2.05) is 12.1 Å². The molecule has 2 aromatic carbocycles. The van der Waals surface area contributed by atoms with Crippen molar-refractivity contribution in [3.63, 3.8) is 0 Å². The first-order chi connectivity index (χ1) is 14.0. The second-order valence-corrected chi connectivity index (χ2v) is 7.55. The van der Waals surface area contributed by atoms with Crippen molar-refractivity contribution in [2.75, 3.05) is 42.5 Å². The molecule has 0 unspecified atom stereocenters. The molecule has 2 aliphatic rings. The van der Waals surface area contributed by atoms with Gasteiger partial charge in [0.15, 0.2) is 5.76 Å². The van der Waals surface area contributed by atoms with E-state index in [4.69, 9.17) is 11.6 Å². The third-order valence-electron chi connectivity index (χ3n) is 5.48. The molecule has 1 N–H and O–H groups in total. The fourth-order valence-electron chi connectivity index (χ4n) is 3.76. The van der Waals surface area contributed by atoms with Crippen LogP contribution in [0.15, 0.2) is 54.3 Å². The fraction of sp³-hybridized carbons (Fsp3) is 0.273. The zero-order chi connectivity index (χ0) is 20.5. The fourth-order valence-corrected chi connectivity index (χ4v) is 3.89. The number of imide groups is 1. The first kappa shape index (κ1) is 19.5. The molecule has 7 heteroatoms. The number of amides is 2. The number of piperazine rings is 1. The molecular formula is C22H22ClN3O3. The van der Waals surface area contributed by atoms with Crippen molar-refractivity contribution in [1.29, 1.82) is 0 Å². The van der Waals surface area contributed by atoms with Crippen LogP contribution in [0.25, 0.3) is 5.57 Å². The van der Waals surface area contributed by atoms with Crippen molar-refractivity contribution < 1.29 is 14.7 Å². The number of hydrogen-bond acceptors (Lipinski definition) is 5. The largest absolute Gasteiger partial charge is 0.502 e. The van der Waals surface area contributed by atoms with Gasteiger partial charge < -0.3 is 14.9 Å². The molecule has 0 radical (unpaired) electrons. The van der Waals surface area contributed by atoms with Crippen LogP contribution in [0.2, 0.25) is 5.02 Å². The molecule has 0 atom stereocenters. The van der Waals surface area contributed by atoms with E-state index >= 15 is 0 Å². The Morgan fingerprint density at radius 2 is 1.45 bits per heavy atom. The number of rotatable bonds is 4. The number of likely N-dealkylation sites (N-methyl/N-ethyl adjacent to an activating group) is 1. The molecular weight excluding hydrogens is 390 g/mol. The van der Waals surface area contributed by atoms with Gasteiger partial charge in [0, 0.05) is 36.9 Å². The third kappa shape index (κ3) is 3.61. The van der Waals surface area contributed by atoms with E-state index in [9.17, 15) is 14.7 Å². The lowest BCUT2D eigenvalue weighted by Crippen LogP contribution is -2.46. The number of carbonyl (C=O) groups is 2. The highest BCUT2D eigenvalue weighted by Gasteiger charge is 2.40. The SMILES string of the molecule is CCN1CCN(c2ccc(N3C(=O)C(O)=C(c4ccc(Cl)cc4)C3=O)cc2)CC1. The summed E-state index contributed by atoms with van der Waals surface area (Å²) in [5.41, 5.74) is 1.94. The van der Waals surface area contributed by atoms with Crippen molar-refractivity contribution in [2.24, 2.45) is 0 Å². The lowest BCUT2D eigenvalue weighted by molar-refractivity contribution is -0.121. The topological polar surface area (TPSA) is 64.1 Å². The summed E-state index contributed by atoms with van der Waals surface area (Å²) in [5.74, 6) is -1.81. The van der Waals surface area contributed by atoms with Crippen molar-refractivity contribution in [3.8, 4) is 0 Å². The number of carbonyl (C=O) groups excluding carboxylic acids is 2. The Labute approximate surface area is 174 Å². The Morgan fingerprint density at radius 3 is 2.03 bits per heavy atom. The number of halogens is 1. The van der Waals surface area contributed by atoms with E-state index in [0.29, 0.717) is 16.3 Å². The molecule has 4 rings (SSSR count). The summed E-state index contributed by atoms with van der Waals surface area (Å²) in [6.07, 6.45) is 0. The molecule has 0 bridgehead atoms. The van der Waals surface area contributed by atoms with Crippen LogP contribution < -0.4 is 9.80 Å². The number of hydrogen-bond donors (Lipinski definition) is 1. The number of anilines is 2. The van der Waals surface area contributed by atoms with Crippen molar-refractivity contribution in [1.82, 2.24) is 4.90 Å². The molecule has 2 amide bonds. The first-order valence-corrected chi connectivity index (χ1v) is 10.0. The minimum Gasteiger partial charge on any atom is -0.502 e. The number of aliphatic hydroxyl groups is 1. The van der Waals surface area contributed by atoms with Crippen LogP contribution in [0.5, 0.6) is 0 Å². The molecule has 2 aromatic rings. The molecule has 1 saturated heterocycles. The number of nitrogens with zero attached hydrogens (tertiary/aromatic N) is 3. The Morgan fingerprint density at radius 1 is 0.862 bits per heavy atom. The van der Waals surface area contributed by atoms with Crippen LogP contribution in [0.1, 0.15) is 12.5 Å². The smallest absolute Gasteiger partial charge is 0.301 e. The van der Waals surface area contributed by atoms with Crippen LogP contribution in [-0.4, -0.2) is 54.5 Å². The number of benzene rings is 2. The summed E-state index contributed by atoms with van der Waals surface area (Å²) < 4.78 is 0. The summed E-state index contributed by atoms with van der Waals surface area (Å²) in [7, 11) is 0. The minimum atomic E-state index is -0.718. The minimum absolute atomic E-state index is 0.00793. The van der Waals surface area contributed by atoms with Crippen molar-refractivity contribution in [3.05, 3.63) is 64.9 Å². The Bertz CT molecular complexity index is 962. The molecule has 0 saturated carbocycles.